The van der Waals surface area contributed by atoms with Crippen LogP contribution in [0.25, 0.3) is 6.08 Å². The molecule has 0 unspecified atom stereocenters. The summed E-state index contributed by atoms with van der Waals surface area (Å²) in [5.74, 6) is -0.396. The van der Waals surface area contributed by atoms with E-state index < -0.39 is 11.9 Å². The minimum absolute atomic E-state index is 0.312. The SMILES string of the molecule is CN1C(=O)NC(=O)C1=Cc1cccc(Cl)c1. The van der Waals surface area contributed by atoms with Crippen molar-refractivity contribution in [1.82, 2.24) is 10.2 Å². The number of carbonyl (C=O) groups excluding carboxylic acids is 2. The molecule has 1 heterocycles. The Balaban J connectivity index is 2.38. The quantitative estimate of drug-likeness (QED) is 0.598. The van der Waals surface area contributed by atoms with Gasteiger partial charge in [0, 0.05) is 12.1 Å². The van der Waals surface area contributed by atoms with Crippen LogP contribution in [0.1, 0.15) is 5.56 Å². The molecule has 0 bridgehead atoms. The molecular weight excluding hydrogens is 228 g/mol. The average Bonchev–Trinajstić information content (AvgIpc) is 2.45. The number of carbonyl (C=O) groups is 2. The Bertz CT molecular complexity index is 497. The summed E-state index contributed by atoms with van der Waals surface area (Å²) in [6.07, 6.45) is 1.62. The van der Waals surface area contributed by atoms with E-state index in [1.54, 1.807) is 24.3 Å². The maximum Gasteiger partial charge on any atom is 0.328 e. The zero-order valence-corrected chi connectivity index (χ0v) is 9.28. The molecule has 0 atom stereocenters. The van der Waals surface area contributed by atoms with Gasteiger partial charge in [0.2, 0.25) is 0 Å². The van der Waals surface area contributed by atoms with E-state index in [1.165, 1.54) is 11.9 Å². The van der Waals surface area contributed by atoms with E-state index in [0.29, 0.717) is 10.7 Å². The van der Waals surface area contributed by atoms with Crippen molar-refractivity contribution in [3.63, 3.8) is 0 Å². The van der Waals surface area contributed by atoms with Crippen molar-refractivity contribution in [3.05, 3.63) is 40.5 Å². The highest BCUT2D eigenvalue weighted by Crippen LogP contribution is 2.17. The number of urea groups is 1. The number of imide groups is 1. The lowest BCUT2D eigenvalue weighted by atomic mass is 10.2. The van der Waals surface area contributed by atoms with Gasteiger partial charge in [-0.05, 0) is 23.8 Å². The monoisotopic (exact) mass is 236 g/mol. The molecule has 1 aromatic rings. The second-order valence-corrected chi connectivity index (χ2v) is 3.84. The van der Waals surface area contributed by atoms with Crippen LogP contribution < -0.4 is 5.32 Å². The molecule has 0 spiro atoms. The predicted molar refractivity (Wildman–Crippen MR) is 60.7 cm³/mol. The molecule has 0 aromatic heterocycles. The Kier molecular flexibility index (Phi) is 2.66. The van der Waals surface area contributed by atoms with Crippen LogP contribution in [0.4, 0.5) is 4.79 Å². The number of benzene rings is 1. The van der Waals surface area contributed by atoms with Crippen molar-refractivity contribution in [2.24, 2.45) is 0 Å². The molecule has 82 valence electrons. The van der Waals surface area contributed by atoms with E-state index in [1.807, 2.05) is 6.07 Å². The first-order valence-electron chi connectivity index (χ1n) is 4.64. The van der Waals surface area contributed by atoms with Gasteiger partial charge in [0.1, 0.15) is 5.70 Å². The largest absolute Gasteiger partial charge is 0.328 e. The molecule has 1 fully saturated rings. The van der Waals surface area contributed by atoms with Crippen LogP contribution in [0, 0.1) is 0 Å². The number of likely N-dealkylation sites (N-methyl/N-ethyl adjacent to an activating group) is 1. The van der Waals surface area contributed by atoms with Crippen LogP contribution in [0.2, 0.25) is 5.02 Å². The Morgan fingerprint density at radius 1 is 1.38 bits per heavy atom. The minimum Gasteiger partial charge on any atom is -0.292 e. The summed E-state index contributed by atoms with van der Waals surface area (Å²) < 4.78 is 0. The van der Waals surface area contributed by atoms with Crippen molar-refractivity contribution in [3.8, 4) is 0 Å². The van der Waals surface area contributed by atoms with Gasteiger partial charge in [-0.15, -0.1) is 0 Å². The smallest absolute Gasteiger partial charge is 0.292 e. The third-order valence-corrected chi connectivity index (χ3v) is 2.51. The fourth-order valence-electron chi connectivity index (χ4n) is 1.42. The van der Waals surface area contributed by atoms with E-state index in [0.717, 1.165) is 5.56 Å². The molecule has 0 aliphatic carbocycles. The van der Waals surface area contributed by atoms with Crippen molar-refractivity contribution in [2.75, 3.05) is 7.05 Å². The average molecular weight is 237 g/mol. The number of halogens is 1. The lowest BCUT2D eigenvalue weighted by molar-refractivity contribution is -0.115. The Morgan fingerprint density at radius 2 is 2.12 bits per heavy atom. The Hall–Kier alpha value is -1.81. The molecule has 0 saturated carbocycles. The standard InChI is InChI=1S/C11H9ClN2O2/c1-14-9(10(15)13-11(14)16)6-7-3-2-4-8(12)5-7/h2-6H,1H3,(H,13,15,16). The van der Waals surface area contributed by atoms with Gasteiger partial charge in [0.05, 0.1) is 0 Å². The molecule has 5 heteroatoms. The number of hydrogen-bond acceptors (Lipinski definition) is 2. The van der Waals surface area contributed by atoms with Crippen LogP contribution in [0.15, 0.2) is 30.0 Å². The van der Waals surface area contributed by atoms with Gasteiger partial charge >= 0.3 is 6.03 Å². The molecular formula is C11H9ClN2O2. The number of nitrogens with one attached hydrogen (secondary N) is 1. The molecule has 3 amide bonds. The summed E-state index contributed by atoms with van der Waals surface area (Å²) in [5.41, 5.74) is 1.09. The third-order valence-electron chi connectivity index (χ3n) is 2.27. The molecule has 2 rings (SSSR count). The predicted octanol–water partition coefficient (Wildman–Crippen LogP) is 1.86. The number of hydrogen-bond donors (Lipinski definition) is 1. The lowest BCUT2D eigenvalue weighted by Crippen LogP contribution is -2.24. The summed E-state index contributed by atoms with van der Waals surface area (Å²) in [6.45, 7) is 0. The van der Waals surface area contributed by atoms with Gasteiger partial charge in [-0.1, -0.05) is 23.7 Å². The Morgan fingerprint density at radius 3 is 2.69 bits per heavy atom. The number of nitrogens with zero attached hydrogens (tertiary/aromatic N) is 1. The molecule has 1 saturated heterocycles. The molecule has 1 aliphatic heterocycles. The molecule has 16 heavy (non-hydrogen) atoms. The first-order chi connectivity index (χ1) is 7.58. The van der Waals surface area contributed by atoms with E-state index in [-0.39, 0.29) is 0 Å². The maximum absolute atomic E-state index is 11.4. The molecule has 1 aromatic carbocycles. The zero-order chi connectivity index (χ0) is 11.7. The van der Waals surface area contributed by atoms with Crippen LogP contribution in [-0.2, 0) is 4.79 Å². The lowest BCUT2D eigenvalue weighted by Gasteiger charge is -2.06. The van der Waals surface area contributed by atoms with Gasteiger partial charge in [-0.2, -0.15) is 0 Å². The second-order valence-electron chi connectivity index (χ2n) is 3.40. The minimum atomic E-state index is -0.418. The summed E-state index contributed by atoms with van der Waals surface area (Å²) in [7, 11) is 1.54. The number of amides is 3. The highest BCUT2D eigenvalue weighted by atomic mass is 35.5. The van der Waals surface area contributed by atoms with Crippen LogP contribution in [0.5, 0.6) is 0 Å². The van der Waals surface area contributed by atoms with E-state index in [2.05, 4.69) is 5.32 Å². The highest BCUT2D eigenvalue weighted by Gasteiger charge is 2.29. The van der Waals surface area contributed by atoms with Crippen LogP contribution >= 0.6 is 11.6 Å². The molecule has 1 aliphatic rings. The molecule has 1 N–H and O–H groups in total. The van der Waals surface area contributed by atoms with Crippen molar-refractivity contribution >= 4 is 29.6 Å². The normalized spacial score (nSPS) is 18.1. The molecule has 0 radical (unpaired) electrons. The van der Waals surface area contributed by atoms with E-state index in [9.17, 15) is 9.59 Å². The first kappa shape index (κ1) is 10.7. The highest BCUT2D eigenvalue weighted by molar-refractivity contribution is 6.30. The first-order valence-corrected chi connectivity index (χ1v) is 5.02. The van der Waals surface area contributed by atoms with Crippen LogP contribution in [-0.4, -0.2) is 23.9 Å². The summed E-state index contributed by atoms with van der Waals surface area (Å²) in [5, 5.41) is 2.78. The van der Waals surface area contributed by atoms with Gasteiger partial charge in [0.15, 0.2) is 0 Å². The number of rotatable bonds is 1. The maximum atomic E-state index is 11.4. The topological polar surface area (TPSA) is 49.4 Å². The van der Waals surface area contributed by atoms with Crippen LogP contribution in [0.3, 0.4) is 0 Å². The van der Waals surface area contributed by atoms with Crippen molar-refractivity contribution < 1.29 is 9.59 Å². The van der Waals surface area contributed by atoms with Gasteiger partial charge in [0.25, 0.3) is 5.91 Å². The van der Waals surface area contributed by atoms with Gasteiger partial charge in [-0.3, -0.25) is 15.0 Å². The Labute approximate surface area is 97.5 Å². The van der Waals surface area contributed by atoms with Gasteiger partial charge < -0.3 is 0 Å². The molecule has 4 nitrogen and oxygen atoms in total. The third kappa shape index (κ3) is 1.92. The summed E-state index contributed by atoms with van der Waals surface area (Å²) in [6, 6.07) is 6.64. The van der Waals surface area contributed by atoms with E-state index >= 15 is 0 Å². The van der Waals surface area contributed by atoms with Gasteiger partial charge in [-0.25, -0.2) is 4.79 Å². The fourth-order valence-corrected chi connectivity index (χ4v) is 1.62. The van der Waals surface area contributed by atoms with Crippen molar-refractivity contribution in [2.45, 2.75) is 0 Å². The second kappa shape index (κ2) is 3.98. The summed E-state index contributed by atoms with van der Waals surface area (Å²) >= 11 is 5.82. The summed E-state index contributed by atoms with van der Waals surface area (Å²) in [4.78, 5) is 23.9. The van der Waals surface area contributed by atoms with Crippen molar-refractivity contribution in [1.29, 1.82) is 0 Å². The zero-order valence-electron chi connectivity index (χ0n) is 8.53. The van der Waals surface area contributed by atoms with E-state index in [4.69, 9.17) is 11.6 Å². The fraction of sp³-hybridized carbons (Fsp3) is 0.0909.